The fourth-order valence-electron chi connectivity index (χ4n) is 3.65. The van der Waals surface area contributed by atoms with Gasteiger partial charge in [0.05, 0.1) is 11.5 Å². The van der Waals surface area contributed by atoms with E-state index in [1.807, 2.05) is 29.2 Å². The predicted molar refractivity (Wildman–Crippen MR) is 118 cm³/mol. The molecule has 1 amide bonds. The minimum Gasteiger partial charge on any atom is -0.419 e. The molecule has 0 N–H and O–H groups in total. The van der Waals surface area contributed by atoms with E-state index in [0.29, 0.717) is 61.6 Å². The van der Waals surface area contributed by atoms with Crippen molar-refractivity contribution >= 4 is 11.6 Å². The third kappa shape index (κ3) is 4.83. The molecule has 1 aliphatic rings. The summed E-state index contributed by atoms with van der Waals surface area (Å²) in [6, 6.07) is 13.8. The molecule has 1 aliphatic heterocycles. The first-order valence-electron chi connectivity index (χ1n) is 10.6. The first kappa shape index (κ1) is 21.6. The monoisotopic (exact) mass is 435 g/mol. The van der Waals surface area contributed by atoms with Gasteiger partial charge >= 0.3 is 0 Å². The molecule has 1 fully saturated rings. The van der Waals surface area contributed by atoms with Crippen molar-refractivity contribution in [1.29, 1.82) is 0 Å². The van der Waals surface area contributed by atoms with Gasteiger partial charge in [0.25, 0.3) is 11.6 Å². The van der Waals surface area contributed by atoms with E-state index in [0.717, 1.165) is 0 Å². The minimum atomic E-state index is -0.450. The molecule has 1 aromatic heterocycles. The molecule has 4 rings (SSSR count). The Bertz CT molecular complexity index is 1080. The maximum atomic E-state index is 12.8. The maximum absolute atomic E-state index is 12.8. The SMILES string of the molecule is CC(C)c1ccc(C(=O)N2CCN(Cc3nnc(-c4ccc([N+](=O)[O-])cc4)o3)CC2)cc1. The van der Waals surface area contributed by atoms with Crippen LogP contribution < -0.4 is 0 Å². The number of carbonyl (C=O) groups is 1. The molecule has 0 unspecified atom stereocenters. The average Bonchev–Trinajstić information content (AvgIpc) is 3.27. The van der Waals surface area contributed by atoms with Crippen LogP contribution in [-0.2, 0) is 6.54 Å². The normalized spacial score (nSPS) is 14.7. The average molecular weight is 435 g/mol. The van der Waals surface area contributed by atoms with Gasteiger partial charge in [-0.3, -0.25) is 19.8 Å². The Morgan fingerprint density at radius 3 is 2.28 bits per heavy atom. The number of nitro benzene ring substituents is 1. The van der Waals surface area contributed by atoms with Gasteiger partial charge in [-0.2, -0.15) is 0 Å². The molecule has 2 aromatic carbocycles. The molecular weight excluding hydrogens is 410 g/mol. The summed E-state index contributed by atoms with van der Waals surface area (Å²) >= 11 is 0. The van der Waals surface area contributed by atoms with Gasteiger partial charge in [-0.05, 0) is 35.7 Å². The highest BCUT2D eigenvalue weighted by atomic mass is 16.6. The van der Waals surface area contributed by atoms with Crippen LogP contribution in [0.2, 0.25) is 0 Å². The van der Waals surface area contributed by atoms with Gasteiger partial charge in [0.15, 0.2) is 0 Å². The molecule has 0 aliphatic carbocycles. The molecule has 9 heteroatoms. The lowest BCUT2D eigenvalue weighted by Crippen LogP contribution is -2.48. The Balaban J connectivity index is 1.31. The molecule has 3 aromatic rings. The maximum Gasteiger partial charge on any atom is 0.269 e. The summed E-state index contributed by atoms with van der Waals surface area (Å²) in [5, 5.41) is 18.9. The molecule has 166 valence electrons. The highest BCUT2D eigenvalue weighted by molar-refractivity contribution is 5.94. The van der Waals surface area contributed by atoms with Gasteiger partial charge in [-0.1, -0.05) is 26.0 Å². The van der Waals surface area contributed by atoms with Crippen LogP contribution in [0.15, 0.2) is 52.9 Å². The van der Waals surface area contributed by atoms with Gasteiger partial charge < -0.3 is 9.32 Å². The quantitative estimate of drug-likeness (QED) is 0.429. The van der Waals surface area contributed by atoms with Crippen LogP contribution in [-0.4, -0.2) is 57.0 Å². The summed E-state index contributed by atoms with van der Waals surface area (Å²) in [5.74, 6) is 1.29. The van der Waals surface area contributed by atoms with Crippen LogP contribution in [0.25, 0.3) is 11.5 Å². The van der Waals surface area contributed by atoms with E-state index in [1.165, 1.54) is 17.7 Å². The van der Waals surface area contributed by atoms with Crippen molar-refractivity contribution in [3.05, 3.63) is 75.7 Å². The zero-order chi connectivity index (χ0) is 22.7. The summed E-state index contributed by atoms with van der Waals surface area (Å²) < 4.78 is 5.73. The molecule has 2 heterocycles. The second-order valence-corrected chi connectivity index (χ2v) is 8.15. The number of rotatable bonds is 6. The third-order valence-corrected chi connectivity index (χ3v) is 5.63. The van der Waals surface area contributed by atoms with Gasteiger partial charge in [0.2, 0.25) is 11.8 Å². The second kappa shape index (κ2) is 9.27. The number of nitrogens with zero attached hydrogens (tertiary/aromatic N) is 5. The Morgan fingerprint density at radius 1 is 1.03 bits per heavy atom. The standard InChI is InChI=1S/C23H25N5O4/c1-16(2)17-3-5-19(6-4-17)23(29)27-13-11-26(12-14-27)15-21-24-25-22(32-21)18-7-9-20(10-8-18)28(30)31/h3-10,16H,11-15H2,1-2H3. The number of nitro groups is 1. The minimum absolute atomic E-state index is 0.0109. The molecule has 9 nitrogen and oxygen atoms in total. The van der Waals surface area contributed by atoms with Crippen molar-refractivity contribution in [2.45, 2.75) is 26.3 Å². The predicted octanol–water partition coefficient (Wildman–Crippen LogP) is 3.73. The summed E-state index contributed by atoms with van der Waals surface area (Å²) in [7, 11) is 0. The van der Waals surface area contributed by atoms with Gasteiger partial charge in [0.1, 0.15) is 0 Å². The Morgan fingerprint density at radius 2 is 1.69 bits per heavy atom. The van der Waals surface area contributed by atoms with Crippen molar-refractivity contribution < 1.29 is 14.1 Å². The van der Waals surface area contributed by atoms with E-state index in [2.05, 4.69) is 28.9 Å². The zero-order valence-corrected chi connectivity index (χ0v) is 18.1. The van der Waals surface area contributed by atoms with Crippen LogP contribution in [0.5, 0.6) is 0 Å². The van der Waals surface area contributed by atoms with Gasteiger partial charge in [-0.25, -0.2) is 0 Å². The molecule has 0 radical (unpaired) electrons. The number of amides is 1. The Labute approximate surface area is 185 Å². The number of non-ortho nitro benzene ring substituents is 1. The number of hydrogen-bond donors (Lipinski definition) is 0. The van der Waals surface area contributed by atoms with Gasteiger partial charge in [0, 0.05) is 49.4 Å². The third-order valence-electron chi connectivity index (χ3n) is 5.63. The molecule has 0 bridgehead atoms. The van der Waals surface area contributed by atoms with E-state index in [-0.39, 0.29) is 11.6 Å². The Hall–Kier alpha value is -3.59. The lowest BCUT2D eigenvalue weighted by atomic mass is 10.0. The van der Waals surface area contributed by atoms with Crippen LogP contribution >= 0.6 is 0 Å². The van der Waals surface area contributed by atoms with E-state index in [9.17, 15) is 14.9 Å². The van der Waals surface area contributed by atoms with E-state index in [1.54, 1.807) is 12.1 Å². The lowest BCUT2D eigenvalue weighted by molar-refractivity contribution is -0.384. The number of piperazine rings is 1. The van der Waals surface area contributed by atoms with Crippen molar-refractivity contribution in [3.63, 3.8) is 0 Å². The number of aromatic nitrogens is 2. The van der Waals surface area contributed by atoms with Gasteiger partial charge in [-0.15, -0.1) is 10.2 Å². The molecule has 0 spiro atoms. The molecule has 0 saturated carbocycles. The van der Waals surface area contributed by atoms with Crippen molar-refractivity contribution in [1.82, 2.24) is 20.0 Å². The lowest BCUT2D eigenvalue weighted by Gasteiger charge is -2.34. The van der Waals surface area contributed by atoms with Crippen LogP contribution in [0.1, 0.15) is 41.6 Å². The van der Waals surface area contributed by atoms with E-state index in [4.69, 9.17) is 4.42 Å². The molecule has 32 heavy (non-hydrogen) atoms. The van der Waals surface area contributed by atoms with E-state index < -0.39 is 4.92 Å². The molecular formula is C23H25N5O4. The van der Waals surface area contributed by atoms with E-state index >= 15 is 0 Å². The van der Waals surface area contributed by atoms with Crippen molar-refractivity contribution in [2.24, 2.45) is 0 Å². The number of benzene rings is 2. The first-order valence-corrected chi connectivity index (χ1v) is 10.6. The molecule has 0 atom stereocenters. The zero-order valence-electron chi connectivity index (χ0n) is 18.1. The molecule has 1 saturated heterocycles. The Kier molecular flexibility index (Phi) is 6.27. The first-order chi connectivity index (χ1) is 15.4. The van der Waals surface area contributed by atoms with Crippen LogP contribution in [0, 0.1) is 10.1 Å². The van der Waals surface area contributed by atoms with Crippen LogP contribution in [0.4, 0.5) is 5.69 Å². The summed E-state index contributed by atoms with van der Waals surface area (Å²) in [6.45, 7) is 7.45. The fraction of sp³-hybridized carbons (Fsp3) is 0.348. The largest absolute Gasteiger partial charge is 0.419 e. The summed E-state index contributed by atoms with van der Waals surface area (Å²) in [4.78, 5) is 27.2. The van der Waals surface area contributed by atoms with Crippen molar-refractivity contribution in [3.8, 4) is 11.5 Å². The number of carbonyl (C=O) groups excluding carboxylic acids is 1. The summed E-state index contributed by atoms with van der Waals surface area (Å²) in [5.41, 5.74) is 2.58. The summed E-state index contributed by atoms with van der Waals surface area (Å²) in [6.07, 6.45) is 0. The smallest absolute Gasteiger partial charge is 0.269 e. The highest BCUT2D eigenvalue weighted by Crippen LogP contribution is 2.22. The van der Waals surface area contributed by atoms with Crippen molar-refractivity contribution in [2.75, 3.05) is 26.2 Å². The second-order valence-electron chi connectivity index (χ2n) is 8.15. The van der Waals surface area contributed by atoms with Crippen LogP contribution in [0.3, 0.4) is 0 Å². The topological polar surface area (TPSA) is 106 Å². The highest BCUT2D eigenvalue weighted by Gasteiger charge is 2.23. The fourth-order valence-corrected chi connectivity index (χ4v) is 3.65. The number of hydrogen-bond acceptors (Lipinski definition) is 7.